The van der Waals surface area contributed by atoms with Crippen LogP contribution in [0.1, 0.15) is 92.7 Å². The van der Waals surface area contributed by atoms with E-state index in [1.165, 1.54) is 65.1 Å². The molecule has 0 saturated carbocycles. The molecule has 3 rings (SSSR count). The SMILES string of the molecule is C/C=C\C.C=C(C)Cc1c(C)cccc1-c1cccc(N2CC(C)CC2=C)c1.C=CC(=C)C.CC.CCCN(C)CCC. The predicted molar refractivity (Wildman–Crippen MR) is 200 cm³/mol. The van der Waals surface area contributed by atoms with Gasteiger partial charge >= 0.3 is 0 Å². The van der Waals surface area contributed by atoms with E-state index in [0.29, 0.717) is 5.92 Å². The maximum Gasteiger partial charge on any atom is 0.0414 e. The lowest BCUT2D eigenvalue weighted by Gasteiger charge is -2.21. The zero-order valence-electron chi connectivity index (χ0n) is 30.0. The van der Waals surface area contributed by atoms with E-state index in [-0.39, 0.29) is 0 Å². The maximum atomic E-state index is 4.25. The molecule has 1 atom stereocenters. The summed E-state index contributed by atoms with van der Waals surface area (Å²) in [5, 5.41) is 0. The van der Waals surface area contributed by atoms with Crippen LogP contribution in [0.5, 0.6) is 0 Å². The minimum Gasteiger partial charge on any atom is -0.345 e. The number of nitrogens with zero attached hydrogens (tertiary/aromatic N) is 2. The summed E-state index contributed by atoms with van der Waals surface area (Å²) in [5.74, 6) is 0.680. The van der Waals surface area contributed by atoms with Crippen LogP contribution in [0, 0.1) is 12.8 Å². The van der Waals surface area contributed by atoms with E-state index in [0.717, 1.165) is 25.0 Å². The van der Waals surface area contributed by atoms with Crippen LogP contribution in [-0.4, -0.2) is 31.6 Å². The molecule has 1 heterocycles. The van der Waals surface area contributed by atoms with Crippen LogP contribution in [0.15, 0.2) is 104 Å². The van der Waals surface area contributed by atoms with Crippen molar-refractivity contribution in [3.8, 4) is 11.1 Å². The highest BCUT2D eigenvalue weighted by molar-refractivity contribution is 5.73. The maximum absolute atomic E-state index is 4.25. The molecule has 2 heteroatoms. The van der Waals surface area contributed by atoms with Crippen LogP contribution < -0.4 is 4.90 Å². The molecule has 1 aliphatic heterocycles. The topological polar surface area (TPSA) is 6.48 Å². The van der Waals surface area contributed by atoms with Gasteiger partial charge in [0, 0.05) is 17.9 Å². The highest BCUT2D eigenvalue weighted by Crippen LogP contribution is 2.35. The molecule has 1 unspecified atom stereocenters. The number of hydrogen-bond acceptors (Lipinski definition) is 2. The van der Waals surface area contributed by atoms with Crippen molar-refractivity contribution in [2.24, 2.45) is 5.92 Å². The van der Waals surface area contributed by atoms with Gasteiger partial charge in [-0.15, -0.1) is 0 Å². The molecular weight excluding hydrogens is 520 g/mol. The van der Waals surface area contributed by atoms with Crippen molar-refractivity contribution in [1.29, 1.82) is 0 Å². The van der Waals surface area contributed by atoms with Crippen LogP contribution in [0.4, 0.5) is 5.69 Å². The van der Waals surface area contributed by atoms with Gasteiger partial charge in [0.15, 0.2) is 0 Å². The molecule has 0 amide bonds. The van der Waals surface area contributed by atoms with Gasteiger partial charge in [-0.3, -0.25) is 0 Å². The van der Waals surface area contributed by atoms with Gasteiger partial charge in [-0.1, -0.05) is 121 Å². The Labute approximate surface area is 268 Å². The summed E-state index contributed by atoms with van der Waals surface area (Å²) in [6, 6.07) is 15.4. The van der Waals surface area contributed by atoms with E-state index in [1.807, 2.05) is 46.8 Å². The van der Waals surface area contributed by atoms with E-state index >= 15 is 0 Å². The van der Waals surface area contributed by atoms with Crippen LogP contribution >= 0.6 is 0 Å². The van der Waals surface area contributed by atoms with E-state index in [2.05, 4.69) is 120 Å². The molecule has 1 aliphatic rings. The van der Waals surface area contributed by atoms with E-state index in [1.54, 1.807) is 6.08 Å². The Bertz CT molecular complexity index is 1090. The fourth-order valence-electron chi connectivity index (χ4n) is 4.53. The minimum atomic E-state index is 0.680. The standard InChI is InChI=1S/C23H27N.C7H17N.C5H8.C4H8.C2H6/c1-16(2)12-23-18(4)8-6-11-22(23)20-9-7-10-21(14-20)24-15-17(3)13-19(24)5;1-4-6-8(3)7-5-2;1-4-5(2)3;1-3-4-2;1-2/h6-11,14,17H,1,5,12-13,15H2,2-4H3;4-7H2,1-3H3;4H,1-2H2,3H3;3-4H,1-2H3;1-2H3/b;;;4-3-;. The zero-order chi connectivity index (χ0) is 33.4. The monoisotopic (exact) mass is 587 g/mol. The fourth-order valence-corrected chi connectivity index (χ4v) is 4.53. The fraction of sp³-hybridized carbons (Fsp3) is 0.463. The summed E-state index contributed by atoms with van der Waals surface area (Å²) in [6.45, 7) is 39.8. The molecule has 2 nitrogen and oxygen atoms in total. The van der Waals surface area contributed by atoms with E-state index < -0.39 is 0 Å². The molecule has 2 aromatic carbocycles. The molecule has 240 valence electrons. The number of aryl methyl sites for hydroxylation is 1. The lowest BCUT2D eigenvalue weighted by molar-refractivity contribution is 0.335. The van der Waals surface area contributed by atoms with Gasteiger partial charge in [0.1, 0.15) is 0 Å². The van der Waals surface area contributed by atoms with Crippen molar-refractivity contribution in [3.63, 3.8) is 0 Å². The molecule has 2 aromatic rings. The van der Waals surface area contributed by atoms with Gasteiger partial charge in [0.25, 0.3) is 0 Å². The van der Waals surface area contributed by atoms with Gasteiger partial charge in [-0.2, -0.15) is 0 Å². The molecule has 0 N–H and O–H groups in total. The Balaban J connectivity index is 0. The number of anilines is 1. The minimum absolute atomic E-state index is 0.680. The highest BCUT2D eigenvalue weighted by Gasteiger charge is 2.23. The average molecular weight is 587 g/mol. The van der Waals surface area contributed by atoms with Gasteiger partial charge in [-0.05, 0) is 121 Å². The van der Waals surface area contributed by atoms with Crippen molar-refractivity contribution < 1.29 is 0 Å². The van der Waals surface area contributed by atoms with Crippen LogP contribution in [0.25, 0.3) is 11.1 Å². The zero-order valence-corrected chi connectivity index (χ0v) is 30.0. The lowest BCUT2D eigenvalue weighted by atomic mass is 9.92. The summed E-state index contributed by atoms with van der Waals surface area (Å²) >= 11 is 0. The van der Waals surface area contributed by atoms with Crippen molar-refractivity contribution in [1.82, 2.24) is 4.90 Å². The van der Waals surface area contributed by atoms with Crippen molar-refractivity contribution in [2.45, 2.75) is 94.9 Å². The quantitative estimate of drug-likeness (QED) is 0.213. The van der Waals surface area contributed by atoms with Crippen molar-refractivity contribution >= 4 is 5.69 Å². The largest absolute Gasteiger partial charge is 0.345 e. The molecular formula is C41H66N2. The molecule has 0 bridgehead atoms. The Morgan fingerprint density at radius 1 is 0.977 bits per heavy atom. The smallest absolute Gasteiger partial charge is 0.0414 e. The van der Waals surface area contributed by atoms with Gasteiger partial charge in [0.2, 0.25) is 0 Å². The first kappa shape index (κ1) is 42.0. The summed E-state index contributed by atoms with van der Waals surface area (Å²) in [6.07, 6.45) is 10.3. The molecule has 1 saturated heterocycles. The first-order valence-corrected chi connectivity index (χ1v) is 16.3. The van der Waals surface area contributed by atoms with Crippen LogP contribution in [-0.2, 0) is 6.42 Å². The summed E-state index contributed by atoms with van der Waals surface area (Å²) in [7, 11) is 2.17. The third-order valence-electron chi connectivity index (χ3n) is 6.71. The predicted octanol–water partition coefficient (Wildman–Crippen LogP) is 12.2. The molecule has 0 aromatic heterocycles. The Morgan fingerprint density at radius 2 is 1.51 bits per heavy atom. The van der Waals surface area contributed by atoms with Gasteiger partial charge in [-0.25, -0.2) is 0 Å². The second-order valence-electron chi connectivity index (χ2n) is 11.3. The van der Waals surface area contributed by atoms with Gasteiger partial charge < -0.3 is 9.80 Å². The summed E-state index contributed by atoms with van der Waals surface area (Å²) in [4.78, 5) is 4.72. The Kier molecular flexibility index (Phi) is 24.8. The molecule has 0 aliphatic carbocycles. The van der Waals surface area contributed by atoms with Gasteiger partial charge in [0.05, 0.1) is 0 Å². The summed E-state index contributed by atoms with van der Waals surface area (Å²) < 4.78 is 0. The third kappa shape index (κ3) is 18.2. The Morgan fingerprint density at radius 3 is 1.93 bits per heavy atom. The first-order valence-electron chi connectivity index (χ1n) is 16.3. The van der Waals surface area contributed by atoms with E-state index in [9.17, 15) is 0 Å². The Hall–Kier alpha value is -3.10. The number of hydrogen-bond donors (Lipinski definition) is 0. The molecule has 0 spiro atoms. The van der Waals surface area contributed by atoms with Crippen molar-refractivity contribution in [3.05, 3.63) is 115 Å². The lowest BCUT2D eigenvalue weighted by Crippen LogP contribution is -2.19. The number of rotatable bonds is 9. The highest BCUT2D eigenvalue weighted by atomic mass is 15.2. The normalized spacial score (nSPS) is 13.4. The molecule has 1 fully saturated rings. The van der Waals surface area contributed by atoms with Crippen molar-refractivity contribution in [2.75, 3.05) is 31.6 Å². The van der Waals surface area contributed by atoms with E-state index in [4.69, 9.17) is 0 Å². The first-order chi connectivity index (χ1) is 20.4. The second kappa shape index (κ2) is 25.4. The second-order valence-corrected chi connectivity index (χ2v) is 11.3. The third-order valence-corrected chi connectivity index (χ3v) is 6.71. The number of allylic oxidation sites excluding steroid dienone is 6. The van der Waals surface area contributed by atoms with Crippen LogP contribution in [0.2, 0.25) is 0 Å². The van der Waals surface area contributed by atoms with Crippen LogP contribution in [0.3, 0.4) is 0 Å². The average Bonchev–Trinajstić information content (AvgIpc) is 3.33. The summed E-state index contributed by atoms with van der Waals surface area (Å²) in [5.41, 5.74) is 10.0. The molecule has 0 radical (unpaired) electrons. The number of benzene rings is 2. The molecule has 43 heavy (non-hydrogen) atoms.